The Bertz CT molecular complexity index is 714. The quantitative estimate of drug-likeness (QED) is 0.750. The van der Waals surface area contributed by atoms with Gasteiger partial charge in [-0.15, -0.1) is 0 Å². The number of hydrogen-bond donors (Lipinski definition) is 0. The third kappa shape index (κ3) is 3.91. The van der Waals surface area contributed by atoms with Gasteiger partial charge in [0.2, 0.25) is 5.91 Å². The first kappa shape index (κ1) is 19.2. The van der Waals surface area contributed by atoms with Gasteiger partial charge in [0.25, 0.3) is 5.91 Å². The maximum atomic E-state index is 13.0. The van der Waals surface area contributed by atoms with Crippen molar-refractivity contribution in [3.63, 3.8) is 0 Å². The summed E-state index contributed by atoms with van der Waals surface area (Å²) >= 11 is 0. The number of para-hydroxylation sites is 1. The second-order valence-corrected chi connectivity index (χ2v) is 7.00. The Balaban J connectivity index is 1.78. The van der Waals surface area contributed by atoms with Crippen LogP contribution in [0, 0.1) is 5.92 Å². The van der Waals surface area contributed by atoms with E-state index in [0.717, 1.165) is 25.7 Å². The predicted octanol–water partition coefficient (Wildman–Crippen LogP) is 1.71. The first-order chi connectivity index (χ1) is 13.1. The van der Waals surface area contributed by atoms with Gasteiger partial charge in [0.1, 0.15) is 11.8 Å². The van der Waals surface area contributed by atoms with Gasteiger partial charge in [-0.1, -0.05) is 25.0 Å². The Morgan fingerprint density at radius 1 is 1.04 bits per heavy atom. The van der Waals surface area contributed by atoms with E-state index in [1.54, 1.807) is 34.1 Å². The summed E-state index contributed by atoms with van der Waals surface area (Å²) in [5.74, 6) is -0.226. The Morgan fingerprint density at radius 2 is 1.74 bits per heavy atom. The van der Waals surface area contributed by atoms with Crippen LogP contribution in [0.2, 0.25) is 0 Å². The van der Waals surface area contributed by atoms with Gasteiger partial charge in [-0.3, -0.25) is 9.59 Å². The molecule has 3 rings (SSSR count). The van der Waals surface area contributed by atoms with Gasteiger partial charge in [0.15, 0.2) is 0 Å². The van der Waals surface area contributed by atoms with E-state index in [0.29, 0.717) is 24.4 Å². The molecule has 0 bridgehead atoms. The van der Waals surface area contributed by atoms with E-state index in [2.05, 4.69) is 0 Å². The number of amides is 2. The minimum Gasteiger partial charge on any atom is -0.496 e. The average molecular weight is 374 g/mol. The van der Waals surface area contributed by atoms with Gasteiger partial charge in [0, 0.05) is 19.0 Å². The number of rotatable bonds is 4. The standard InChI is InChI=1S/C20H26N2O5/c1-26-17-10-6-5-9-15(17)19(24)21-11-12-22(16(13-21)20(25)27-2)18(23)14-7-3-4-8-14/h5-6,9-10,14,16H,3-4,7-8,11-13H2,1-2H3. The van der Waals surface area contributed by atoms with Crippen molar-refractivity contribution in [3.8, 4) is 5.75 Å². The van der Waals surface area contributed by atoms with Crippen LogP contribution < -0.4 is 4.74 Å². The lowest BCUT2D eigenvalue weighted by Crippen LogP contribution is -2.60. The number of carbonyl (C=O) groups excluding carboxylic acids is 3. The highest BCUT2D eigenvalue weighted by atomic mass is 16.5. The Hall–Kier alpha value is -2.57. The summed E-state index contributed by atoms with van der Waals surface area (Å²) < 4.78 is 10.2. The molecule has 2 amide bonds. The number of ether oxygens (including phenoxy) is 2. The molecule has 1 aromatic rings. The number of carbonyl (C=O) groups is 3. The number of esters is 1. The summed E-state index contributed by atoms with van der Waals surface area (Å²) in [6.45, 7) is 0.834. The van der Waals surface area contributed by atoms with E-state index in [9.17, 15) is 14.4 Å². The molecular weight excluding hydrogens is 348 g/mol. The first-order valence-electron chi connectivity index (χ1n) is 9.37. The minimum absolute atomic E-state index is 0.00675. The van der Waals surface area contributed by atoms with Crippen LogP contribution in [0.3, 0.4) is 0 Å². The predicted molar refractivity (Wildman–Crippen MR) is 98.4 cm³/mol. The van der Waals surface area contributed by atoms with Crippen molar-refractivity contribution in [2.45, 2.75) is 31.7 Å². The van der Waals surface area contributed by atoms with Gasteiger partial charge in [-0.05, 0) is 25.0 Å². The molecule has 1 unspecified atom stereocenters. The van der Waals surface area contributed by atoms with Crippen molar-refractivity contribution < 1.29 is 23.9 Å². The molecule has 1 saturated heterocycles. The monoisotopic (exact) mass is 374 g/mol. The van der Waals surface area contributed by atoms with Crippen LogP contribution in [0.4, 0.5) is 0 Å². The molecule has 1 aliphatic heterocycles. The van der Waals surface area contributed by atoms with Gasteiger partial charge in [-0.2, -0.15) is 0 Å². The van der Waals surface area contributed by atoms with Crippen molar-refractivity contribution in [2.24, 2.45) is 5.92 Å². The van der Waals surface area contributed by atoms with E-state index in [4.69, 9.17) is 9.47 Å². The van der Waals surface area contributed by atoms with Crippen LogP contribution in [-0.2, 0) is 14.3 Å². The molecule has 7 nitrogen and oxygen atoms in total. The topological polar surface area (TPSA) is 76.2 Å². The molecule has 1 atom stereocenters. The largest absolute Gasteiger partial charge is 0.496 e. The summed E-state index contributed by atoms with van der Waals surface area (Å²) in [7, 11) is 2.82. The number of nitrogens with zero attached hydrogens (tertiary/aromatic N) is 2. The SMILES string of the molecule is COC(=O)C1CN(C(=O)c2ccccc2OC)CCN1C(=O)C1CCCC1. The summed E-state index contributed by atoms with van der Waals surface area (Å²) in [5, 5.41) is 0. The zero-order valence-electron chi connectivity index (χ0n) is 15.8. The fourth-order valence-electron chi connectivity index (χ4n) is 3.97. The van der Waals surface area contributed by atoms with E-state index < -0.39 is 12.0 Å². The van der Waals surface area contributed by atoms with Gasteiger partial charge >= 0.3 is 5.97 Å². The average Bonchev–Trinajstić information content (AvgIpc) is 3.26. The molecule has 7 heteroatoms. The molecule has 1 saturated carbocycles. The lowest BCUT2D eigenvalue weighted by atomic mass is 10.0. The molecule has 1 heterocycles. The van der Waals surface area contributed by atoms with Crippen LogP contribution in [0.15, 0.2) is 24.3 Å². The molecule has 0 N–H and O–H groups in total. The maximum Gasteiger partial charge on any atom is 0.330 e. The Labute approximate surface area is 159 Å². The zero-order chi connectivity index (χ0) is 19.4. The number of hydrogen-bond acceptors (Lipinski definition) is 5. The number of piperazine rings is 1. The van der Waals surface area contributed by atoms with E-state index in [1.807, 2.05) is 0 Å². The van der Waals surface area contributed by atoms with Gasteiger partial charge in [-0.25, -0.2) is 4.79 Å². The van der Waals surface area contributed by atoms with Crippen molar-refractivity contribution in [1.82, 2.24) is 9.80 Å². The third-order valence-corrected chi connectivity index (χ3v) is 5.47. The molecule has 27 heavy (non-hydrogen) atoms. The first-order valence-corrected chi connectivity index (χ1v) is 9.37. The highest BCUT2D eigenvalue weighted by Crippen LogP contribution is 2.29. The van der Waals surface area contributed by atoms with Crippen molar-refractivity contribution >= 4 is 17.8 Å². The minimum atomic E-state index is -0.768. The van der Waals surface area contributed by atoms with Crippen LogP contribution >= 0.6 is 0 Å². The molecule has 1 aliphatic carbocycles. The van der Waals surface area contributed by atoms with Crippen molar-refractivity contribution in [1.29, 1.82) is 0 Å². The van der Waals surface area contributed by atoms with Crippen molar-refractivity contribution in [2.75, 3.05) is 33.9 Å². The van der Waals surface area contributed by atoms with Gasteiger partial charge < -0.3 is 19.3 Å². The normalized spacial score (nSPS) is 20.4. The summed E-state index contributed by atoms with van der Waals surface area (Å²) in [6, 6.07) is 6.23. The van der Waals surface area contributed by atoms with Crippen LogP contribution in [0.25, 0.3) is 0 Å². The summed E-state index contributed by atoms with van der Waals surface area (Å²) in [6.07, 6.45) is 3.83. The lowest BCUT2D eigenvalue weighted by molar-refractivity contribution is -0.157. The second kappa shape index (κ2) is 8.41. The molecule has 0 spiro atoms. The van der Waals surface area contributed by atoms with Crippen LogP contribution in [0.1, 0.15) is 36.0 Å². The highest BCUT2D eigenvalue weighted by Gasteiger charge is 2.40. The lowest BCUT2D eigenvalue weighted by Gasteiger charge is -2.41. The van der Waals surface area contributed by atoms with Crippen LogP contribution in [-0.4, -0.2) is 67.5 Å². The Morgan fingerprint density at radius 3 is 2.41 bits per heavy atom. The maximum absolute atomic E-state index is 13.0. The molecule has 1 aromatic carbocycles. The summed E-state index contributed by atoms with van der Waals surface area (Å²) in [4.78, 5) is 41.4. The molecule has 2 fully saturated rings. The molecule has 2 aliphatic rings. The molecular formula is C20H26N2O5. The fourth-order valence-corrected chi connectivity index (χ4v) is 3.97. The van der Waals surface area contributed by atoms with Crippen LogP contribution in [0.5, 0.6) is 5.75 Å². The Kier molecular flexibility index (Phi) is 5.98. The van der Waals surface area contributed by atoms with Gasteiger partial charge in [0.05, 0.1) is 26.3 Å². The number of methoxy groups -OCH3 is 2. The molecule has 146 valence electrons. The highest BCUT2D eigenvalue weighted by molar-refractivity contribution is 5.97. The molecule has 0 aromatic heterocycles. The van der Waals surface area contributed by atoms with E-state index in [-0.39, 0.29) is 24.3 Å². The van der Waals surface area contributed by atoms with E-state index in [1.165, 1.54) is 14.2 Å². The zero-order valence-corrected chi connectivity index (χ0v) is 15.8. The second-order valence-electron chi connectivity index (χ2n) is 7.00. The summed E-state index contributed by atoms with van der Waals surface area (Å²) in [5.41, 5.74) is 0.444. The third-order valence-electron chi connectivity index (χ3n) is 5.47. The number of benzene rings is 1. The fraction of sp³-hybridized carbons (Fsp3) is 0.550. The van der Waals surface area contributed by atoms with E-state index >= 15 is 0 Å². The smallest absolute Gasteiger partial charge is 0.330 e. The molecule has 0 radical (unpaired) electrons. The van der Waals surface area contributed by atoms with Crippen molar-refractivity contribution in [3.05, 3.63) is 29.8 Å².